The highest BCUT2D eigenvalue weighted by Gasteiger charge is 2.35. The van der Waals surface area contributed by atoms with Gasteiger partial charge in [-0.1, -0.05) is 36.4 Å². The summed E-state index contributed by atoms with van der Waals surface area (Å²) in [5.41, 5.74) is 4.54. The van der Waals surface area contributed by atoms with Crippen molar-refractivity contribution in [3.05, 3.63) is 100 Å². The summed E-state index contributed by atoms with van der Waals surface area (Å²) in [4.78, 5) is 42.1. The van der Waals surface area contributed by atoms with Crippen molar-refractivity contribution >= 4 is 28.3 Å². The number of benzene rings is 3. The summed E-state index contributed by atoms with van der Waals surface area (Å²) in [6.07, 6.45) is 1.80. The van der Waals surface area contributed by atoms with E-state index in [4.69, 9.17) is 0 Å². The molecule has 182 valence electrons. The molecule has 5 rings (SSSR count). The number of rotatable bonds is 7. The van der Waals surface area contributed by atoms with Gasteiger partial charge in [0.15, 0.2) is 5.78 Å². The molecule has 1 amide bonds. The lowest BCUT2D eigenvalue weighted by Gasteiger charge is -2.27. The van der Waals surface area contributed by atoms with E-state index in [-0.39, 0.29) is 35.8 Å². The topological polar surface area (TPSA) is 96.3 Å². The zero-order valence-electron chi connectivity index (χ0n) is 20.0. The Kier molecular flexibility index (Phi) is 6.38. The number of H-pyrrole nitrogens is 1. The average Bonchev–Trinajstić information content (AvgIpc) is 3.56. The highest BCUT2D eigenvalue weighted by atomic mass is 16.6. The summed E-state index contributed by atoms with van der Waals surface area (Å²) in [5, 5.41) is 11.9. The maximum absolute atomic E-state index is 13.3. The van der Waals surface area contributed by atoms with E-state index in [1.54, 1.807) is 17.0 Å². The third-order valence-corrected chi connectivity index (χ3v) is 7.03. The number of carbonyl (C=O) groups excluding carboxylic acids is 2. The molecule has 1 aromatic heterocycles. The van der Waals surface area contributed by atoms with Crippen LogP contribution in [0.2, 0.25) is 0 Å². The quantitative estimate of drug-likeness (QED) is 0.272. The van der Waals surface area contributed by atoms with Crippen LogP contribution in [-0.4, -0.2) is 39.1 Å². The van der Waals surface area contributed by atoms with Gasteiger partial charge in [0.1, 0.15) is 0 Å². The number of ketones is 1. The summed E-state index contributed by atoms with van der Waals surface area (Å²) in [7, 11) is 0. The van der Waals surface area contributed by atoms with Crippen molar-refractivity contribution < 1.29 is 14.5 Å². The van der Waals surface area contributed by atoms with Gasteiger partial charge in [0.25, 0.3) is 5.69 Å². The Labute approximate surface area is 208 Å². The summed E-state index contributed by atoms with van der Waals surface area (Å²) in [5.74, 6) is -0.217. The number of nitro benzene ring substituents is 1. The molecular weight excluding hydrogens is 454 g/mol. The second-order valence-electron chi connectivity index (χ2n) is 9.37. The lowest BCUT2D eigenvalue weighted by Crippen LogP contribution is -2.43. The maximum Gasteiger partial charge on any atom is 0.269 e. The van der Waals surface area contributed by atoms with Crippen LogP contribution in [0.15, 0.2) is 78.9 Å². The van der Waals surface area contributed by atoms with Gasteiger partial charge in [-0.2, -0.15) is 0 Å². The molecule has 1 fully saturated rings. The minimum atomic E-state index is -0.417. The van der Waals surface area contributed by atoms with Crippen LogP contribution in [-0.2, 0) is 16.0 Å². The number of nitro groups is 1. The van der Waals surface area contributed by atoms with Crippen LogP contribution in [0, 0.1) is 10.1 Å². The van der Waals surface area contributed by atoms with Crippen molar-refractivity contribution in [3.8, 4) is 11.3 Å². The van der Waals surface area contributed by atoms with E-state index < -0.39 is 4.92 Å². The van der Waals surface area contributed by atoms with Crippen LogP contribution < -0.4 is 0 Å². The predicted octanol–water partition coefficient (Wildman–Crippen LogP) is 5.65. The van der Waals surface area contributed by atoms with Gasteiger partial charge < -0.3 is 9.88 Å². The van der Waals surface area contributed by atoms with Crippen LogP contribution in [0.3, 0.4) is 0 Å². The van der Waals surface area contributed by atoms with Crippen molar-refractivity contribution in [1.82, 2.24) is 9.88 Å². The SMILES string of the molecule is C[C@@H](C(=O)N1CCC[C@H]1C(=O)Cc1ccc2[nH]c(-c3ccc([N+](=O)[O-])cc3)cc2c1)c1ccccc1. The maximum atomic E-state index is 13.3. The van der Waals surface area contributed by atoms with E-state index in [2.05, 4.69) is 4.98 Å². The third-order valence-electron chi connectivity index (χ3n) is 7.03. The van der Waals surface area contributed by atoms with E-state index in [1.807, 2.05) is 61.5 Å². The van der Waals surface area contributed by atoms with Crippen molar-refractivity contribution in [2.45, 2.75) is 38.1 Å². The fraction of sp³-hybridized carbons (Fsp3) is 0.241. The standard InChI is InChI=1S/C29H27N3O4/c1-19(21-6-3-2-4-7-21)29(34)31-15-5-8-27(31)28(33)17-20-9-14-25-23(16-20)18-26(30-25)22-10-12-24(13-11-22)32(35)36/h2-4,6-7,9-14,16,18-19,27,30H,5,8,15,17H2,1H3/t19-,27+/m1/s1. The second-order valence-corrected chi connectivity index (χ2v) is 9.37. The molecule has 0 bridgehead atoms. The third kappa shape index (κ3) is 4.64. The number of hydrogen-bond donors (Lipinski definition) is 1. The van der Waals surface area contributed by atoms with Crippen molar-refractivity contribution in [1.29, 1.82) is 0 Å². The first-order chi connectivity index (χ1) is 17.4. The highest BCUT2D eigenvalue weighted by molar-refractivity contribution is 5.94. The predicted molar refractivity (Wildman–Crippen MR) is 139 cm³/mol. The minimum Gasteiger partial charge on any atom is -0.355 e. The average molecular weight is 482 g/mol. The van der Waals surface area contributed by atoms with Crippen LogP contribution >= 0.6 is 0 Å². The van der Waals surface area contributed by atoms with E-state index in [0.29, 0.717) is 13.0 Å². The minimum absolute atomic E-state index is 0.00544. The van der Waals surface area contributed by atoms with Gasteiger partial charge in [-0.05, 0) is 66.8 Å². The van der Waals surface area contributed by atoms with Gasteiger partial charge in [-0.15, -0.1) is 0 Å². The molecule has 2 heterocycles. The summed E-state index contributed by atoms with van der Waals surface area (Å²) in [6, 6.07) is 23.6. The second kappa shape index (κ2) is 9.77. The van der Waals surface area contributed by atoms with E-state index in [9.17, 15) is 19.7 Å². The van der Waals surface area contributed by atoms with Gasteiger partial charge >= 0.3 is 0 Å². The summed E-state index contributed by atoms with van der Waals surface area (Å²) >= 11 is 0. The fourth-order valence-corrected chi connectivity index (χ4v) is 5.03. The highest BCUT2D eigenvalue weighted by Crippen LogP contribution is 2.28. The molecule has 0 aliphatic carbocycles. The molecule has 0 saturated carbocycles. The number of aromatic nitrogens is 1. The van der Waals surface area contributed by atoms with Crippen LogP contribution in [0.25, 0.3) is 22.2 Å². The fourth-order valence-electron chi connectivity index (χ4n) is 5.03. The first-order valence-corrected chi connectivity index (χ1v) is 12.2. The molecule has 1 saturated heterocycles. The van der Waals surface area contributed by atoms with Crippen LogP contribution in [0.5, 0.6) is 0 Å². The monoisotopic (exact) mass is 481 g/mol. The zero-order valence-corrected chi connectivity index (χ0v) is 20.0. The van der Waals surface area contributed by atoms with Crippen molar-refractivity contribution in [2.24, 2.45) is 0 Å². The number of likely N-dealkylation sites (tertiary alicyclic amines) is 1. The Morgan fingerprint density at radius 3 is 2.53 bits per heavy atom. The molecule has 1 aliphatic heterocycles. The Bertz CT molecular complexity index is 1430. The number of carbonyl (C=O) groups is 2. The van der Waals surface area contributed by atoms with Gasteiger partial charge in [0, 0.05) is 41.7 Å². The Balaban J connectivity index is 1.30. The molecule has 7 nitrogen and oxygen atoms in total. The van der Waals surface area contributed by atoms with Gasteiger partial charge in [0.05, 0.1) is 16.9 Å². The Morgan fingerprint density at radius 2 is 1.81 bits per heavy atom. The Hall–Kier alpha value is -4.26. The zero-order chi connectivity index (χ0) is 25.2. The van der Waals surface area contributed by atoms with Crippen molar-refractivity contribution in [2.75, 3.05) is 6.54 Å². The number of hydrogen-bond acceptors (Lipinski definition) is 4. The smallest absolute Gasteiger partial charge is 0.269 e. The van der Waals surface area contributed by atoms with Gasteiger partial charge in [-0.25, -0.2) is 0 Å². The van der Waals surface area contributed by atoms with Gasteiger partial charge in [-0.3, -0.25) is 19.7 Å². The molecule has 36 heavy (non-hydrogen) atoms. The number of fused-ring (bicyclic) bond motifs is 1. The van der Waals surface area contributed by atoms with E-state index in [1.165, 1.54) is 12.1 Å². The Morgan fingerprint density at radius 1 is 1.06 bits per heavy atom. The molecule has 1 aliphatic rings. The van der Waals surface area contributed by atoms with E-state index in [0.717, 1.165) is 39.7 Å². The number of nitrogens with zero attached hydrogens (tertiary/aromatic N) is 2. The molecule has 2 atom stereocenters. The number of non-ortho nitro benzene ring substituents is 1. The number of Topliss-reactive ketones (excluding diaryl/α,β-unsaturated/α-hetero) is 1. The largest absolute Gasteiger partial charge is 0.355 e. The lowest BCUT2D eigenvalue weighted by atomic mass is 9.97. The number of nitrogens with one attached hydrogen (secondary N) is 1. The van der Waals surface area contributed by atoms with Crippen LogP contribution in [0.1, 0.15) is 36.8 Å². The molecule has 4 aromatic rings. The molecular formula is C29H27N3O4. The number of aromatic amines is 1. The molecule has 0 radical (unpaired) electrons. The van der Waals surface area contributed by atoms with Gasteiger partial charge in [0.2, 0.25) is 5.91 Å². The van der Waals surface area contributed by atoms with Crippen LogP contribution in [0.4, 0.5) is 5.69 Å². The summed E-state index contributed by atoms with van der Waals surface area (Å²) in [6.45, 7) is 2.52. The molecule has 0 unspecified atom stereocenters. The molecule has 1 N–H and O–H groups in total. The first-order valence-electron chi connectivity index (χ1n) is 12.2. The molecule has 3 aromatic carbocycles. The normalized spacial score (nSPS) is 16.2. The van der Waals surface area contributed by atoms with E-state index >= 15 is 0 Å². The van der Waals surface area contributed by atoms with Crippen molar-refractivity contribution in [3.63, 3.8) is 0 Å². The molecule has 0 spiro atoms. The first kappa shape index (κ1) is 23.5. The summed E-state index contributed by atoms with van der Waals surface area (Å²) < 4.78 is 0. The molecule has 7 heteroatoms. The number of amides is 1. The lowest BCUT2D eigenvalue weighted by molar-refractivity contribution is -0.384.